The summed E-state index contributed by atoms with van der Waals surface area (Å²) in [7, 11) is 0. The van der Waals surface area contributed by atoms with Gasteiger partial charge in [0, 0.05) is 11.6 Å². The highest BCUT2D eigenvalue weighted by atomic mass is 14.9. The third kappa shape index (κ3) is 2.00. The van der Waals surface area contributed by atoms with Crippen molar-refractivity contribution < 1.29 is 0 Å². The van der Waals surface area contributed by atoms with Crippen LogP contribution in [0.2, 0.25) is 0 Å². The topological polar surface area (TPSA) is 40.7 Å². The van der Waals surface area contributed by atoms with Crippen molar-refractivity contribution in [2.45, 2.75) is 18.9 Å². The van der Waals surface area contributed by atoms with Gasteiger partial charge in [-0.05, 0) is 37.1 Å². The van der Waals surface area contributed by atoms with Crippen molar-refractivity contribution in [3.8, 4) is 11.4 Å². The van der Waals surface area contributed by atoms with Crippen molar-refractivity contribution >= 4 is 11.0 Å². The summed E-state index contributed by atoms with van der Waals surface area (Å²) < 4.78 is 0. The molecule has 100 valence electrons. The molecule has 1 saturated heterocycles. The van der Waals surface area contributed by atoms with E-state index in [9.17, 15) is 0 Å². The second-order valence-electron chi connectivity index (χ2n) is 5.37. The zero-order valence-electron chi connectivity index (χ0n) is 11.3. The van der Waals surface area contributed by atoms with Crippen molar-refractivity contribution in [1.29, 1.82) is 0 Å². The standard InChI is InChI=1S/C17H17N3/c1-2-5-16-15(4-1)19-17(20-16)13-9-7-12(8-10-13)14-6-3-11-18-14/h1-2,4-5,7-10,14,18H,3,6,11H2,(H,19,20). The summed E-state index contributed by atoms with van der Waals surface area (Å²) in [4.78, 5) is 8.01. The molecule has 1 aliphatic rings. The quantitative estimate of drug-likeness (QED) is 0.741. The van der Waals surface area contributed by atoms with E-state index in [-0.39, 0.29) is 0 Å². The van der Waals surface area contributed by atoms with E-state index >= 15 is 0 Å². The molecule has 20 heavy (non-hydrogen) atoms. The molecule has 2 N–H and O–H groups in total. The SMILES string of the molecule is c1ccc2[nH]c(-c3ccc(C4CCCN4)cc3)nc2c1. The Morgan fingerprint density at radius 3 is 2.60 bits per heavy atom. The van der Waals surface area contributed by atoms with Gasteiger partial charge in [-0.15, -0.1) is 0 Å². The Hall–Kier alpha value is -2.13. The second kappa shape index (κ2) is 4.76. The molecule has 1 atom stereocenters. The van der Waals surface area contributed by atoms with Crippen LogP contribution in [0.1, 0.15) is 24.4 Å². The fraction of sp³-hybridized carbons (Fsp3) is 0.235. The Morgan fingerprint density at radius 1 is 1.00 bits per heavy atom. The molecule has 3 nitrogen and oxygen atoms in total. The molecule has 3 heteroatoms. The summed E-state index contributed by atoms with van der Waals surface area (Å²) in [6.45, 7) is 1.13. The van der Waals surface area contributed by atoms with Gasteiger partial charge in [-0.1, -0.05) is 36.4 Å². The summed E-state index contributed by atoms with van der Waals surface area (Å²) in [6, 6.07) is 17.4. The molecule has 1 unspecified atom stereocenters. The Bertz CT molecular complexity index is 688. The number of rotatable bonds is 2. The summed E-state index contributed by atoms with van der Waals surface area (Å²) in [5.74, 6) is 0.942. The van der Waals surface area contributed by atoms with Crippen molar-refractivity contribution in [1.82, 2.24) is 15.3 Å². The first-order valence-corrected chi connectivity index (χ1v) is 7.19. The summed E-state index contributed by atoms with van der Waals surface area (Å²) in [5.41, 5.74) is 4.62. The molecule has 4 rings (SSSR count). The van der Waals surface area contributed by atoms with Gasteiger partial charge in [0.15, 0.2) is 0 Å². The first-order valence-electron chi connectivity index (χ1n) is 7.19. The van der Waals surface area contributed by atoms with Crippen LogP contribution in [-0.4, -0.2) is 16.5 Å². The predicted octanol–water partition coefficient (Wildman–Crippen LogP) is 3.65. The highest BCUT2D eigenvalue weighted by Gasteiger charge is 2.16. The number of aromatic amines is 1. The number of hydrogen-bond donors (Lipinski definition) is 2. The van der Waals surface area contributed by atoms with Gasteiger partial charge >= 0.3 is 0 Å². The van der Waals surface area contributed by atoms with Crippen molar-refractivity contribution in [2.24, 2.45) is 0 Å². The number of H-pyrrole nitrogens is 1. The van der Waals surface area contributed by atoms with Gasteiger partial charge in [-0.25, -0.2) is 4.98 Å². The van der Waals surface area contributed by atoms with Crippen LogP contribution < -0.4 is 5.32 Å². The third-order valence-corrected chi connectivity index (χ3v) is 4.04. The third-order valence-electron chi connectivity index (χ3n) is 4.04. The fourth-order valence-electron chi connectivity index (χ4n) is 2.93. The van der Waals surface area contributed by atoms with E-state index in [1.807, 2.05) is 18.2 Å². The smallest absolute Gasteiger partial charge is 0.138 e. The number of aromatic nitrogens is 2. The maximum absolute atomic E-state index is 4.64. The van der Waals surface area contributed by atoms with E-state index in [0.717, 1.165) is 29.0 Å². The highest BCUT2D eigenvalue weighted by Crippen LogP contribution is 2.26. The average molecular weight is 263 g/mol. The van der Waals surface area contributed by atoms with Crippen molar-refractivity contribution in [3.05, 3.63) is 54.1 Å². The number of imidazole rings is 1. The van der Waals surface area contributed by atoms with E-state index in [1.165, 1.54) is 18.4 Å². The summed E-state index contributed by atoms with van der Waals surface area (Å²) >= 11 is 0. The number of nitrogens with zero attached hydrogens (tertiary/aromatic N) is 1. The Morgan fingerprint density at radius 2 is 1.85 bits per heavy atom. The first kappa shape index (κ1) is 11.7. The largest absolute Gasteiger partial charge is 0.338 e. The molecule has 0 amide bonds. The molecule has 0 bridgehead atoms. The van der Waals surface area contributed by atoms with Crippen molar-refractivity contribution in [2.75, 3.05) is 6.54 Å². The van der Waals surface area contributed by atoms with Crippen LogP contribution in [0, 0.1) is 0 Å². The molecule has 2 heterocycles. The monoisotopic (exact) mass is 263 g/mol. The average Bonchev–Trinajstić information content (AvgIpc) is 3.17. The number of benzene rings is 2. The lowest BCUT2D eigenvalue weighted by Gasteiger charge is -2.10. The van der Waals surface area contributed by atoms with Crippen LogP contribution >= 0.6 is 0 Å². The summed E-state index contributed by atoms with van der Waals surface area (Å²) in [6.07, 6.45) is 2.51. The molecule has 3 aromatic rings. The minimum Gasteiger partial charge on any atom is -0.338 e. The normalized spacial score (nSPS) is 18.7. The number of fused-ring (bicyclic) bond motifs is 1. The lowest BCUT2D eigenvalue weighted by molar-refractivity contribution is 0.648. The van der Waals surface area contributed by atoms with E-state index < -0.39 is 0 Å². The van der Waals surface area contributed by atoms with Crippen LogP contribution in [-0.2, 0) is 0 Å². The minimum atomic E-state index is 0.528. The van der Waals surface area contributed by atoms with Crippen LogP contribution in [0.4, 0.5) is 0 Å². The minimum absolute atomic E-state index is 0.528. The molecule has 0 radical (unpaired) electrons. The van der Waals surface area contributed by atoms with Crippen molar-refractivity contribution in [3.63, 3.8) is 0 Å². The predicted molar refractivity (Wildman–Crippen MR) is 81.5 cm³/mol. The number of para-hydroxylation sites is 2. The molecule has 2 aromatic carbocycles. The van der Waals surface area contributed by atoms with Gasteiger partial charge in [-0.3, -0.25) is 0 Å². The lowest BCUT2D eigenvalue weighted by atomic mass is 10.0. The number of hydrogen-bond acceptors (Lipinski definition) is 2. The molecular formula is C17H17N3. The fourth-order valence-corrected chi connectivity index (χ4v) is 2.93. The summed E-state index contributed by atoms with van der Waals surface area (Å²) in [5, 5.41) is 3.53. The van der Waals surface area contributed by atoms with E-state index in [0.29, 0.717) is 6.04 Å². The van der Waals surface area contributed by atoms with Gasteiger partial charge in [-0.2, -0.15) is 0 Å². The Balaban J connectivity index is 1.67. The maximum atomic E-state index is 4.64. The molecule has 0 aliphatic carbocycles. The molecule has 0 spiro atoms. The van der Waals surface area contributed by atoms with E-state index in [4.69, 9.17) is 0 Å². The van der Waals surface area contributed by atoms with Crippen LogP contribution in [0.15, 0.2) is 48.5 Å². The second-order valence-corrected chi connectivity index (χ2v) is 5.37. The van der Waals surface area contributed by atoms with Gasteiger partial charge in [0.25, 0.3) is 0 Å². The zero-order valence-corrected chi connectivity index (χ0v) is 11.3. The van der Waals surface area contributed by atoms with E-state index in [1.54, 1.807) is 0 Å². The van der Waals surface area contributed by atoms with Crippen LogP contribution in [0.25, 0.3) is 22.4 Å². The molecule has 1 fully saturated rings. The van der Waals surface area contributed by atoms with Gasteiger partial charge in [0.1, 0.15) is 5.82 Å². The molecular weight excluding hydrogens is 246 g/mol. The molecule has 1 aliphatic heterocycles. The van der Waals surface area contributed by atoms with Crippen LogP contribution in [0.3, 0.4) is 0 Å². The zero-order chi connectivity index (χ0) is 13.4. The first-order chi connectivity index (χ1) is 9.90. The maximum Gasteiger partial charge on any atom is 0.138 e. The van der Waals surface area contributed by atoms with Gasteiger partial charge < -0.3 is 10.3 Å². The van der Waals surface area contributed by atoms with E-state index in [2.05, 4.69) is 45.6 Å². The van der Waals surface area contributed by atoms with Gasteiger partial charge in [0.2, 0.25) is 0 Å². The highest BCUT2D eigenvalue weighted by molar-refractivity contribution is 5.79. The molecule has 0 saturated carbocycles. The lowest BCUT2D eigenvalue weighted by Crippen LogP contribution is -2.12. The number of nitrogens with one attached hydrogen (secondary N) is 2. The van der Waals surface area contributed by atoms with Crippen LogP contribution in [0.5, 0.6) is 0 Å². The Kier molecular flexibility index (Phi) is 2.78. The Labute approximate surface area is 118 Å². The van der Waals surface area contributed by atoms with Gasteiger partial charge in [0.05, 0.1) is 11.0 Å². The molecule has 1 aromatic heterocycles.